The smallest absolute Gasteiger partial charge is 0.352 e. The van der Waals surface area contributed by atoms with Gasteiger partial charge in [-0.15, -0.1) is 0 Å². The molecular formula is C7H12F3NO. The topological polar surface area (TPSA) is 21.3 Å². The molecule has 12 heavy (non-hydrogen) atoms. The molecular weight excluding hydrogens is 171 g/mol. The van der Waals surface area contributed by atoms with Crippen molar-refractivity contribution in [2.24, 2.45) is 0 Å². The first kappa shape index (κ1) is 9.80. The first-order valence-electron chi connectivity index (χ1n) is 3.98. The van der Waals surface area contributed by atoms with E-state index in [4.69, 9.17) is 0 Å². The lowest BCUT2D eigenvalue weighted by Gasteiger charge is -2.14. The largest absolute Gasteiger partial charge is 0.428 e. The van der Waals surface area contributed by atoms with Crippen LogP contribution in [0.3, 0.4) is 0 Å². The molecule has 5 heteroatoms. The van der Waals surface area contributed by atoms with Gasteiger partial charge in [-0.05, 0) is 6.42 Å². The molecule has 1 rings (SSSR count). The van der Waals surface area contributed by atoms with E-state index in [1.807, 2.05) is 6.92 Å². The first-order chi connectivity index (χ1) is 5.54. The average molecular weight is 183 g/mol. The van der Waals surface area contributed by atoms with E-state index in [1.54, 1.807) is 0 Å². The Morgan fingerprint density at radius 3 is 2.58 bits per heavy atom. The Hall–Kier alpha value is -0.290. The van der Waals surface area contributed by atoms with E-state index >= 15 is 0 Å². The summed E-state index contributed by atoms with van der Waals surface area (Å²) in [6.07, 6.45) is -4.44. The Bertz CT molecular complexity index is 148. The summed E-state index contributed by atoms with van der Waals surface area (Å²) < 4.78 is 40.5. The number of rotatable bonds is 2. The molecule has 2 unspecified atom stereocenters. The number of ether oxygens (including phenoxy) is 1. The molecule has 0 radical (unpaired) electrons. The van der Waals surface area contributed by atoms with Crippen LogP contribution in [0.15, 0.2) is 0 Å². The number of alkyl halides is 3. The van der Waals surface area contributed by atoms with Crippen molar-refractivity contribution in [2.45, 2.75) is 38.2 Å². The molecule has 1 saturated heterocycles. The second kappa shape index (κ2) is 3.62. The van der Waals surface area contributed by atoms with Crippen LogP contribution in [-0.2, 0) is 4.74 Å². The van der Waals surface area contributed by atoms with Crippen molar-refractivity contribution >= 4 is 0 Å². The lowest BCUT2D eigenvalue weighted by atomic mass is 10.2. The fourth-order valence-corrected chi connectivity index (χ4v) is 1.23. The van der Waals surface area contributed by atoms with Gasteiger partial charge in [0.05, 0.1) is 6.61 Å². The highest BCUT2D eigenvalue weighted by Gasteiger charge is 2.45. The second-order valence-electron chi connectivity index (χ2n) is 2.91. The maximum atomic E-state index is 12.0. The Labute approximate surface area is 69.1 Å². The van der Waals surface area contributed by atoms with Gasteiger partial charge in [0.15, 0.2) is 0 Å². The molecule has 0 amide bonds. The van der Waals surface area contributed by atoms with Gasteiger partial charge in [-0.25, -0.2) is 0 Å². The summed E-state index contributed by atoms with van der Waals surface area (Å²) in [5.74, 6) is 0. The lowest BCUT2D eigenvalue weighted by Crippen LogP contribution is -2.41. The van der Waals surface area contributed by atoms with Crippen molar-refractivity contribution in [3.63, 3.8) is 0 Å². The maximum absolute atomic E-state index is 12.0. The molecule has 0 bridgehead atoms. The Morgan fingerprint density at radius 1 is 1.50 bits per heavy atom. The monoisotopic (exact) mass is 183 g/mol. The average Bonchev–Trinajstić information content (AvgIpc) is 2.35. The van der Waals surface area contributed by atoms with Crippen LogP contribution in [0.25, 0.3) is 0 Å². The summed E-state index contributed by atoms with van der Waals surface area (Å²) in [6, 6.07) is -0.137. The highest BCUT2D eigenvalue weighted by molar-refractivity contribution is 4.79. The Morgan fingerprint density at radius 2 is 2.17 bits per heavy atom. The van der Waals surface area contributed by atoms with Crippen LogP contribution in [0.1, 0.15) is 19.8 Å². The first-order valence-corrected chi connectivity index (χ1v) is 3.98. The van der Waals surface area contributed by atoms with E-state index in [-0.39, 0.29) is 12.6 Å². The van der Waals surface area contributed by atoms with E-state index in [1.165, 1.54) is 0 Å². The molecule has 1 aliphatic rings. The SMILES string of the molecule is CCCC1COC(C(F)(F)F)N1. The third-order valence-electron chi connectivity index (χ3n) is 1.79. The fourth-order valence-electron chi connectivity index (χ4n) is 1.23. The van der Waals surface area contributed by atoms with Gasteiger partial charge < -0.3 is 4.74 Å². The van der Waals surface area contributed by atoms with Gasteiger partial charge in [0, 0.05) is 6.04 Å². The van der Waals surface area contributed by atoms with Crippen molar-refractivity contribution in [3.8, 4) is 0 Å². The van der Waals surface area contributed by atoms with Crippen LogP contribution >= 0.6 is 0 Å². The minimum Gasteiger partial charge on any atom is -0.352 e. The summed E-state index contributed by atoms with van der Waals surface area (Å²) in [4.78, 5) is 0. The Balaban J connectivity index is 2.35. The van der Waals surface area contributed by atoms with E-state index in [0.717, 1.165) is 12.8 Å². The van der Waals surface area contributed by atoms with Crippen LogP contribution in [0, 0.1) is 0 Å². The predicted octanol–water partition coefficient (Wildman–Crippen LogP) is 1.66. The van der Waals surface area contributed by atoms with Gasteiger partial charge in [-0.3, -0.25) is 5.32 Å². The third-order valence-corrected chi connectivity index (χ3v) is 1.79. The van der Waals surface area contributed by atoms with Gasteiger partial charge in [0.2, 0.25) is 6.23 Å². The van der Waals surface area contributed by atoms with Crippen LogP contribution in [0.4, 0.5) is 13.2 Å². The quantitative estimate of drug-likeness (QED) is 0.703. The molecule has 2 atom stereocenters. The molecule has 0 aromatic carbocycles. The van der Waals surface area contributed by atoms with Gasteiger partial charge >= 0.3 is 6.18 Å². The highest BCUT2D eigenvalue weighted by atomic mass is 19.4. The molecule has 2 nitrogen and oxygen atoms in total. The molecule has 0 aliphatic carbocycles. The molecule has 0 spiro atoms. The maximum Gasteiger partial charge on any atom is 0.428 e. The number of halogens is 3. The Kier molecular flexibility index (Phi) is 2.95. The predicted molar refractivity (Wildman–Crippen MR) is 37.6 cm³/mol. The molecule has 72 valence electrons. The molecule has 1 N–H and O–H groups in total. The zero-order valence-electron chi connectivity index (χ0n) is 6.82. The van der Waals surface area contributed by atoms with E-state index in [9.17, 15) is 13.2 Å². The summed E-state index contributed by atoms with van der Waals surface area (Å²) in [5.41, 5.74) is 0. The van der Waals surface area contributed by atoms with Crippen LogP contribution in [0.5, 0.6) is 0 Å². The summed E-state index contributed by atoms with van der Waals surface area (Å²) >= 11 is 0. The van der Waals surface area contributed by atoms with E-state index < -0.39 is 12.4 Å². The van der Waals surface area contributed by atoms with Gasteiger partial charge in [-0.1, -0.05) is 13.3 Å². The molecule has 0 saturated carbocycles. The van der Waals surface area contributed by atoms with Gasteiger partial charge in [0.1, 0.15) is 0 Å². The number of hydrogen-bond donors (Lipinski definition) is 1. The summed E-state index contributed by atoms with van der Waals surface area (Å²) in [6.45, 7) is 2.10. The van der Waals surface area contributed by atoms with Crippen LogP contribution in [0.2, 0.25) is 0 Å². The zero-order chi connectivity index (χ0) is 9.19. The molecule has 0 aromatic rings. The summed E-state index contributed by atoms with van der Waals surface area (Å²) in [7, 11) is 0. The minimum absolute atomic E-state index is 0.137. The van der Waals surface area contributed by atoms with Crippen molar-refractivity contribution in [1.29, 1.82) is 0 Å². The normalized spacial score (nSPS) is 31.0. The number of hydrogen-bond acceptors (Lipinski definition) is 2. The molecule has 1 aliphatic heterocycles. The van der Waals surface area contributed by atoms with Crippen molar-refractivity contribution < 1.29 is 17.9 Å². The van der Waals surface area contributed by atoms with E-state index in [2.05, 4.69) is 10.1 Å². The number of nitrogens with one attached hydrogen (secondary N) is 1. The van der Waals surface area contributed by atoms with Gasteiger partial charge in [0.25, 0.3) is 0 Å². The molecule has 0 aromatic heterocycles. The van der Waals surface area contributed by atoms with Gasteiger partial charge in [-0.2, -0.15) is 13.2 Å². The molecule has 1 fully saturated rings. The van der Waals surface area contributed by atoms with Crippen molar-refractivity contribution in [3.05, 3.63) is 0 Å². The van der Waals surface area contributed by atoms with E-state index in [0.29, 0.717) is 0 Å². The lowest BCUT2D eigenvalue weighted by molar-refractivity contribution is -0.212. The van der Waals surface area contributed by atoms with Crippen LogP contribution in [-0.4, -0.2) is 25.1 Å². The third kappa shape index (κ3) is 2.35. The minimum atomic E-state index is -4.28. The van der Waals surface area contributed by atoms with Crippen molar-refractivity contribution in [2.75, 3.05) is 6.61 Å². The second-order valence-corrected chi connectivity index (χ2v) is 2.91. The fraction of sp³-hybridized carbons (Fsp3) is 1.00. The summed E-state index contributed by atoms with van der Waals surface area (Å²) in [5, 5.41) is 2.38. The standard InChI is InChI=1S/C7H12F3NO/c1-2-3-5-4-12-6(11-5)7(8,9)10/h5-6,11H,2-4H2,1H3. The van der Waals surface area contributed by atoms with Crippen LogP contribution < -0.4 is 5.32 Å². The zero-order valence-corrected chi connectivity index (χ0v) is 6.82. The highest BCUT2D eigenvalue weighted by Crippen LogP contribution is 2.25. The molecule has 1 heterocycles. The van der Waals surface area contributed by atoms with Crippen molar-refractivity contribution in [1.82, 2.24) is 5.32 Å².